The van der Waals surface area contributed by atoms with Gasteiger partial charge in [-0.3, -0.25) is 9.80 Å². The van der Waals surface area contributed by atoms with E-state index >= 15 is 0 Å². The van der Waals surface area contributed by atoms with Crippen LogP contribution in [0.3, 0.4) is 0 Å². The van der Waals surface area contributed by atoms with Crippen LogP contribution < -0.4 is 5.73 Å². The Bertz CT molecular complexity index is 464. The molecular formula is C16H26BrN3S. The first kappa shape index (κ1) is 15.9. The fourth-order valence-electron chi connectivity index (χ4n) is 3.86. The summed E-state index contributed by atoms with van der Waals surface area (Å²) in [5.74, 6) is 0. The Kier molecular flexibility index (Phi) is 5.38. The summed E-state index contributed by atoms with van der Waals surface area (Å²) in [5, 5.41) is 2.18. The summed E-state index contributed by atoms with van der Waals surface area (Å²) in [4.78, 5) is 6.78. The average molecular weight is 372 g/mol. The quantitative estimate of drug-likeness (QED) is 0.879. The highest BCUT2D eigenvalue weighted by Crippen LogP contribution is 2.34. The van der Waals surface area contributed by atoms with Gasteiger partial charge in [0.05, 0.1) is 6.04 Å². The number of hydrogen-bond donors (Lipinski definition) is 1. The summed E-state index contributed by atoms with van der Waals surface area (Å²) in [5.41, 5.74) is 6.51. The second-order valence-corrected chi connectivity index (χ2v) is 8.22. The van der Waals surface area contributed by atoms with E-state index in [0.717, 1.165) is 12.5 Å². The monoisotopic (exact) mass is 371 g/mol. The van der Waals surface area contributed by atoms with Crippen molar-refractivity contribution in [3.05, 3.63) is 20.8 Å². The van der Waals surface area contributed by atoms with Crippen molar-refractivity contribution in [2.45, 2.75) is 50.7 Å². The second-order valence-electron chi connectivity index (χ2n) is 6.36. The highest BCUT2D eigenvalue weighted by molar-refractivity contribution is 9.10. The van der Waals surface area contributed by atoms with Gasteiger partial charge in [-0.1, -0.05) is 6.92 Å². The molecule has 0 aliphatic carbocycles. The molecule has 2 saturated heterocycles. The summed E-state index contributed by atoms with van der Waals surface area (Å²) < 4.78 is 1.19. The van der Waals surface area contributed by atoms with Crippen LogP contribution in [0.25, 0.3) is 0 Å². The summed E-state index contributed by atoms with van der Waals surface area (Å²) in [7, 11) is 0. The van der Waals surface area contributed by atoms with Crippen molar-refractivity contribution in [3.8, 4) is 0 Å². The SMILES string of the molecule is CCC(N)C(c1cc(Br)cs1)N1CCCN2CCCC2C1. The van der Waals surface area contributed by atoms with Crippen LogP contribution in [0.2, 0.25) is 0 Å². The molecular weight excluding hydrogens is 346 g/mol. The fraction of sp³-hybridized carbons (Fsp3) is 0.750. The Labute approximate surface area is 140 Å². The van der Waals surface area contributed by atoms with Gasteiger partial charge in [-0.2, -0.15) is 0 Å². The van der Waals surface area contributed by atoms with Crippen LogP contribution in [0, 0.1) is 0 Å². The lowest BCUT2D eigenvalue weighted by Gasteiger charge is -2.35. The smallest absolute Gasteiger partial charge is 0.0594 e. The van der Waals surface area contributed by atoms with E-state index in [2.05, 4.69) is 44.1 Å². The van der Waals surface area contributed by atoms with Crippen LogP contribution in [0.15, 0.2) is 15.9 Å². The van der Waals surface area contributed by atoms with Gasteiger partial charge in [0.1, 0.15) is 0 Å². The van der Waals surface area contributed by atoms with Crippen LogP contribution in [0.1, 0.15) is 43.5 Å². The molecule has 2 aliphatic rings. The van der Waals surface area contributed by atoms with Gasteiger partial charge in [0.2, 0.25) is 0 Å². The molecule has 3 nitrogen and oxygen atoms in total. The van der Waals surface area contributed by atoms with Crippen LogP contribution in [-0.4, -0.2) is 48.1 Å². The molecule has 21 heavy (non-hydrogen) atoms. The first-order valence-corrected chi connectivity index (χ1v) is 9.84. The summed E-state index contributed by atoms with van der Waals surface area (Å²) in [6.07, 6.45) is 5.04. The standard InChI is InChI=1S/C16H26BrN3S/c1-2-14(18)16(15-9-12(17)11-21-15)20-8-4-7-19-6-3-5-13(19)10-20/h9,11,13-14,16H,2-8,10,18H2,1H3. The number of hydrogen-bond acceptors (Lipinski definition) is 4. The predicted molar refractivity (Wildman–Crippen MR) is 93.8 cm³/mol. The Morgan fingerprint density at radius 2 is 2.19 bits per heavy atom. The number of nitrogens with two attached hydrogens (primary N) is 1. The van der Waals surface area contributed by atoms with Crippen molar-refractivity contribution in [2.75, 3.05) is 26.2 Å². The second kappa shape index (κ2) is 7.09. The highest BCUT2D eigenvalue weighted by Gasteiger charge is 2.34. The molecule has 2 N–H and O–H groups in total. The molecule has 3 atom stereocenters. The van der Waals surface area contributed by atoms with Crippen molar-refractivity contribution >= 4 is 27.3 Å². The van der Waals surface area contributed by atoms with Gasteiger partial charge in [0, 0.05) is 39.9 Å². The molecule has 118 valence electrons. The maximum Gasteiger partial charge on any atom is 0.0594 e. The molecule has 0 spiro atoms. The molecule has 3 heterocycles. The molecule has 0 saturated carbocycles. The van der Waals surface area contributed by atoms with E-state index in [9.17, 15) is 0 Å². The maximum atomic E-state index is 6.51. The van der Waals surface area contributed by atoms with Gasteiger partial charge in [-0.15, -0.1) is 11.3 Å². The van der Waals surface area contributed by atoms with Crippen molar-refractivity contribution < 1.29 is 0 Å². The Morgan fingerprint density at radius 1 is 1.38 bits per heavy atom. The van der Waals surface area contributed by atoms with E-state index < -0.39 is 0 Å². The van der Waals surface area contributed by atoms with Crippen LogP contribution in [0.4, 0.5) is 0 Å². The Hall–Kier alpha value is 0.0600. The van der Waals surface area contributed by atoms with E-state index in [-0.39, 0.29) is 6.04 Å². The Balaban J connectivity index is 1.81. The molecule has 5 heteroatoms. The zero-order chi connectivity index (χ0) is 14.8. The van der Waals surface area contributed by atoms with E-state index in [1.54, 1.807) is 0 Å². The molecule has 2 fully saturated rings. The van der Waals surface area contributed by atoms with Crippen molar-refractivity contribution in [1.82, 2.24) is 9.80 Å². The molecule has 0 bridgehead atoms. The van der Waals surface area contributed by atoms with Gasteiger partial charge in [-0.05, 0) is 60.8 Å². The Morgan fingerprint density at radius 3 is 2.90 bits per heavy atom. The first-order valence-electron chi connectivity index (χ1n) is 8.16. The van der Waals surface area contributed by atoms with Crippen LogP contribution in [0.5, 0.6) is 0 Å². The molecule has 2 aliphatic heterocycles. The van der Waals surface area contributed by atoms with Gasteiger partial charge in [-0.25, -0.2) is 0 Å². The molecule has 3 rings (SSSR count). The van der Waals surface area contributed by atoms with Crippen LogP contribution >= 0.6 is 27.3 Å². The summed E-state index contributed by atoms with van der Waals surface area (Å²) in [6, 6.07) is 3.63. The number of thiophene rings is 1. The van der Waals surface area contributed by atoms with Gasteiger partial charge < -0.3 is 5.73 Å². The number of nitrogens with zero attached hydrogens (tertiary/aromatic N) is 2. The predicted octanol–water partition coefficient (Wildman–Crippen LogP) is 3.46. The van der Waals surface area contributed by atoms with Crippen molar-refractivity contribution in [1.29, 1.82) is 0 Å². The molecule has 1 aromatic rings. The van der Waals surface area contributed by atoms with Crippen LogP contribution in [-0.2, 0) is 0 Å². The molecule has 0 radical (unpaired) electrons. The molecule has 1 aromatic heterocycles. The first-order chi connectivity index (χ1) is 10.2. The van der Waals surface area contributed by atoms with Gasteiger partial charge in [0.25, 0.3) is 0 Å². The number of halogens is 1. The minimum Gasteiger partial charge on any atom is -0.326 e. The van der Waals surface area contributed by atoms with Gasteiger partial charge >= 0.3 is 0 Å². The molecule has 3 unspecified atom stereocenters. The zero-order valence-electron chi connectivity index (χ0n) is 12.8. The highest BCUT2D eigenvalue weighted by atomic mass is 79.9. The maximum absolute atomic E-state index is 6.51. The third-order valence-corrected chi connectivity index (χ3v) is 6.75. The lowest BCUT2D eigenvalue weighted by Crippen LogP contribution is -2.44. The lowest BCUT2D eigenvalue weighted by atomic mass is 10.0. The molecule has 0 aromatic carbocycles. The fourth-order valence-corrected chi connectivity index (χ4v) is 5.51. The molecule has 0 amide bonds. The van der Waals surface area contributed by atoms with E-state index in [1.165, 1.54) is 54.8 Å². The summed E-state index contributed by atoms with van der Waals surface area (Å²) in [6.45, 7) is 7.14. The third kappa shape index (κ3) is 3.53. The minimum absolute atomic E-state index is 0.225. The number of fused-ring (bicyclic) bond motifs is 1. The average Bonchev–Trinajstić information content (AvgIpc) is 3.04. The minimum atomic E-state index is 0.225. The van der Waals surface area contributed by atoms with Crippen molar-refractivity contribution in [2.24, 2.45) is 5.73 Å². The van der Waals surface area contributed by atoms with Gasteiger partial charge in [0.15, 0.2) is 0 Å². The van der Waals surface area contributed by atoms with E-state index in [0.29, 0.717) is 6.04 Å². The normalized spacial score (nSPS) is 27.3. The van der Waals surface area contributed by atoms with E-state index in [1.807, 2.05) is 11.3 Å². The third-order valence-electron chi connectivity index (χ3n) is 4.98. The zero-order valence-corrected chi connectivity index (χ0v) is 15.2. The topological polar surface area (TPSA) is 32.5 Å². The van der Waals surface area contributed by atoms with E-state index in [4.69, 9.17) is 5.73 Å². The summed E-state index contributed by atoms with van der Waals surface area (Å²) >= 11 is 5.44. The largest absolute Gasteiger partial charge is 0.326 e. The number of rotatable bonds is 4. The van der Waals surface area contributed by atoms with Crippen molar-refractivity contribution in [3.63, 3.8) is 0 Å². The lowest BCUT2D eigenvalue weighted by molar-refractivity contribution is 0.154.